The quantitative estimate of drug-likeness (QED) is 0.0480. The van der Waals surface area contributed by atoms with Gasteiger partial charge in [-0.1, -0.05) is 39.5 Å². The highest BCUT2D eigenvalue weighted by Gasteiger charge is 2.39. The lowest BCUT2D eigenvalue weighted by atomic mass is 10.2. The Morgan fingerprint density at radius 3 is 1.22 bits per heavy atom. The molecule has 0 saturated heterocycles. The summed E-state index contributed by atoms with van der Waals surface area (Å²) in [5, 5.41) is 21.0. The number of aliphatic hydroxyl groups excluding tert-OH is 2. The van der Waals surface area contributed by atoms with Crippen molar-refractivity contribution in [3.8, 4) is 0 Å². The van der Waals surface area contributed by atoms with Gasteiger partial charge in [-0.25, -0.2) is 0 Å². The topological polar surface area (TPSA) is 77.4 Å². The van der Waals surface area contributed by atoms with Crippen LogP contribution in [0.25, 0.3) is 0 Å². The first-order valence-electron chi connectivity index (χ1n) is 18.3. The number of nitrogens with zero attached hydrogens (tertiary/aromatic N) is 2. The van der Waals surface area contributed by atoms with Gasteiger partial charge >= 0.3 is 8.56 Å². The molecule has 0 aliphatic rings. The molecule has 8 nitrogen and oxygen atoms in total. The molecule has 0 radical (unpaired) electrons. The van der Waals surface area contributed by atoms with Gasteiger partial charge in [-0.05, 0) is 89.9 Å². The number of aliphatic hydroxyl groups is 2. The molecule has 45 heavy (non-hydrogen) atoms. The minimum Gasteiger partial charge on any atom is -0.437 e. The van der Waals surface area contributed by atoms with Crippen LogP contribution in [0.3, 0.4) is 0 Å². The Morgan fingerprint density at radius 2 is 0.889 bits per heavy atom. The molecule has 11 heteroatoms. The number of unbranched alkanes of at least 4 members (excludes halogenated alkanes) is 6. The van der Waals surface area contributed by atoms with Gasteiger partial charge < -0.3 is 36.9 Å². The predicted molar refractivity (Wildman–Crippen MR) is 199 cm³/mol. The molecule has 2 N–H and O–H groups in total. The lowest BCUT2D eigenvalue weighted by molar-refractivity contribution is -0.893. The molecular weight excluding hydrogens is 617 g/mol. The van der Waals surface area contributed by atoms with Crippen molar-refractivity contribution in [1.82, 2.24) is 0 Å². The molecule has 2 unspecified atom stereocenters. The predicted octanol–water partition coefficient (Wildman–Crippen LogP) is 6.98. The van der Waals surface area contributed by atoms with E-state index in [0.29, 0.717) is 26.4 Å². The lowest BCUT2D eigenvalue weighted by Gasteiger charge is -2.38. The van der Waals surface area contributed by atoms with Gasteiger partial charge in [-0.3, -0.25) is 0 Å². The summed E-state index contributed by atoms with van der Waals surface area (Å²) in [7, 11) is 2.73. The second-order valence-corrected chi connectivity index (χ2v) is 29.1. The zero-order valence-corrected chi connectivity index (χ0v) is 35.2. The average molecular weight is 697 g/mol. The van der Waals surface area contributed by atoms with Crippen molar-refractivity contribution in [3.63, 3.8) is 0 Å². The van der Waals surface area contributed by atoms with Crippen LogP contribution in [0.5, 0.6) is 0 Å². The van der Waals surface area contributed by atoms with E-state index in [4.69, 9.17) is 17.7 Å². The van der Waals surface area contributed by atoms with Crippen LogP contribution in [-0.4, -0.2) is 137 Å². The third kappa shape index (κ3) is 26.9. The SMILES string of the molecule is CCCCCC[N+](C)(C)CC(O)COCCC[Si](C)(C)O[Si](C)(C)O[Si](C)(C)CCCOCC(O)C[N+](C)(C)CCCCCC. The smallest absolute Gasteiger partial charge is 0.311 e. The van der Waals surface area contributed by atoms with Crippen molar-refractivity contribution in [3.05, 3.63) is 0 Å². The number of rotatable bonds is 30. The van der Waals surface area contributed by atoms with E-state index in [0.717, 1.165) is 60.1 Å². The molecule has 0 aromatic carbocycles. The summed E-state index contributed by atoms with van der Waals surface area (Å²) in [6.07, 6.45) is 11.1. The van der Waals surface area contributed by atoms with Crippen LogP contribution in [0.4, 0.5) is 0 Å². The Hall–Kier alpha value is 0.331. The first kappa shape index (κ1) is 45.3. The van der Waals surface area contributed by atoms with Gasteiger partial charge in [0.1, 0.15) is 25.3 Å². The Kier molecular flexibility index (Phi) is 23.0. The third-order valence-corrected chi connectivity index (χ3v) is 19.9. The van der Waals surface area contributed by atoms with Gasteiger partial charge in [0.25, 0.3) is 0 Å². The molecule has 272 valence electrons. The number of hydrogen-bond acceptors (Lipinski definition) is 6. The monoisotopic (exact) mass is 697 g/mol. The molecule has 2 atom stereocenters. The van der Waals surface area contributed by atoms with Crippen molar-refractivity contribution in [2.45, 2.75) is 142 Å². The van der Waals surface area contributed by atoms with E-state index in [9.17, 15) is 10.2 Å². The van der Waals surface area contributed by atoms with Gasteiger partial charge in [-0.2, -0.15) is 0 Å². The van der Waals surface area contributed by atoms with Gasteiger partial charge in [0.2, 0.25) is 0 Å². The maximum Gasteiger partial charge on any atom is 0.311 e. The minimum atomic E-state index is -2.28. The van der Waals surface area contributed by atoms with Crippen molar-refractivity contribution >= 4 is 25.2 Å². The van der Waals surface area contributed by atoms with Crippen LogP contribution in [0.15, 0.2) is 0 Å². The molecular formula is C34H80N2O6Si3+2. The van der Waals surface area contributed by atoms with E-state index >= 15 is 0 Å². The molecule has 0 saturated carbocycles. The van der Waals surface area contributed by atoms with Crippen molar-refractivity contribution in [2.75, 3.05) is 80.8 Å². The summed E-state index contributed by atoms with van der Waals surface area (Å²) in [6.45, 7) is 23.8. The Labute approximate surface area is 283 Å². The second-order valence-electron chi connectivity index (χ2n) is 16.6. The highest BCUT2D eigenvalue weighted by atomic mass is 28.5. The normalized spacial score (nSPS) is 15.1. The highest BCUT2D eigenvalue weighted by Crippen LogP contribution is 2.26. The van der Waals surface area contributed by atoms with E-state index in [2.05, 4.69) is 81.3 Å². The number of quaternary nitrogens is 2. The number of likely N-dealkylation sites (N-methyl/N-ethyl adjacent to an activating group) is 2. The molecule has 0 aliphatic heterocycles. The Morgan fingerprint density at radius 1 is 0.533 bits per heavy atom. The van der Waals surface area contributed by atoms with Gasteiger partial charge in [0, 0.05) is 13.2 Å². The van der Waals surface area contributed by atoms with Gasteiger partial charge in [-0.15, -0.1) is 0 Å². The summed E-state index contributed by atoms with van der Waals surface area (Å²) in [5.74, 6) is 0. The molecule has 0 bridgehead atoms. The van der Waals surface area contributed by atoms with Crippen LogP contribution in [0, 0.1) is 0 Å². The zero-order chi connectivity index (χ0) is 34.6. The Bertz CT molecular complexity index is 683. The van der Waals surface area contributed by atoms with E-state index in [1.165, 1.54) is 51.4 Å². The Balaban J connectivity index is 4.30. The summed E-state index contributed by atoms with van der Waals surface area (Å²) in [4.78, 5) is 0. The summed E-state index contributed by atoms with van der Waals surface area (Å²) in [6, 6.07) is 2.04. The maximum atomic E-state index is 10.5. The zero-order valence-electron chi connectivity index (χ0n) is 32.2. The summed E-state index contributed by atoms with van der Waals surface area (Å²) < 4.78 is 27.0. The van der Waals surface area contributed by atoms with Crippen LogP contribution < -0.4 is 0 Å². The van der Waals surface area contributed by atoms with Crippen molar-refractivity contribution < 1.29 is 36.9 Å². The molecule has 0 rings (SSSR count). The average Bonchev–Trinajstić information content (AvgIpc) is 2.86. The van der Waals surface area contributed by atoms with Gasteiger partial charge in [0.05, 0.1) is 54.5 Å². The summed E-state index contributed by atoms with van der Waals surface area (Å²) in [5.41, 5.74) is 0. The van der Waals surface area contributed by atoms with Crippen molar-refractivity contribution in [2.24, 2.45) is 0 Å². The largest absolute Gasteiger partial charge is 0.437 e. The molecule has 0 heterocycles. The molecule has 0 amide bonds. The van der Waals surface area contributed by atoms with E-state index < -0.39 is 37.4 Å². The lowest BCUT2D eigenvalue weighted by Crippen LogP contribution is -2.52. The van der Waals surface area contributed by atoms with E-state index in [1.807, 2.05) is 0 Å². The summed E-state index contributed by atoms with van der Waals surface area (Å²) >= 11 is 0. The fourth-order valence-corrected chi connectivity index (χ4v) is 20.5. The van der Waals surface area contributed by atoms with Gasteiger partial charge in [0.15, 0.2) is 16.6 Å². The maximum absolute atomic E-state index is 10.5. The molecule has 0 fully saturated rings. The first-order valence-corrected chi connectivity index (χ1v) is 27.3. The third-order valence-electron chi connectivity index (χ3n) is 8.44. The second kappa shape index (κ2) is 22.9. The van der Waals surface area contributed by atoms with Crippen molar-refractivity contribution in [1.29, 1.82) is 0 Å². The fraction of sp³-hybridized carbons (Fsp3) is 1.00. The van der Waals surface area contributed by atoms with Crippen LogP contribution >= 0.6 is 0 Å². The first-order chi connectivity index (χ1) is 20.7. The fourth-order valence-electron chi connectivity index (χ4n) is 6.45. The minimum absolute atomic E-state index is 0.404. The van der Waals surface area contributed by atoms with Crippen LogP contribution in [-0.2, 0) is 17.7 Å². The number of ether oxygens (including phenoxy) is 2. The van der Waals surface area contributed by atoms with Crippen LogP contribution in [0.2, 0.25) is 51.4 Å². The molecule has 0 spiro atoms. The van der Waals surface area contributed by atoms with Crippen LogP contribution in [0.1, 0.15) is 78.1 Å². The molecule has 0 aromatic heterocycles. The van der Waals surface area contributed by atoms with E-state index in [1.54, 1.807) is 0 Å². The molecule has 0 aromatic rings. The standard InChI is InChI=1S/C34H80N2O6Si3/c1-13-15-17-19-23-35(3,4)29-33(37)31-39-25-21-27-43(7,8)41-45(11,12)42-44(9,10)28-22-26-40-32-34(38)30-36(5,6)24-20-18-16-14-2/h33-34,37-38H,13-32H2,1-12H3/q+2. The molecule has 0 aliphatic carbocycles. The number of hydrogen-bond donors (Lipinski definition) is 2. The highest BCUT2D eigenvalue weighted by molar-refractivity contribution is 6.87. The van der Waals surface area contributed by atoms with E-state index in [-0.39, 0.29) is 0 Å².